The summed E-state index contributed by atoms with van der Waals surface area (Å²) in [5, 5.41) is 0. The second kappa shape index (κ2) is 6.28. The number of aromatic nitrogens is 1. The minimum atomic E-state index is 0.956. The fourth-order valence-corrected chi connectivity index (χ4v) is 7.20. The van der Waals surface area contributed by atoms with Crippen LogP contribution in [0.2, 0.25) is 0 Å². The zero-order valence-corrected chi connectivity index (χ0v) is 19.3. The molecule has 5 aromatic rings. The summed E-state index contributed by atoms with van der Waals surface area (Å²) in [5.74, 6) is 1.10. The highest BCUT2D eigenvalue weighted by Gasteiger charge is 2.38. The normalized spacial score (nSPS) is 14.9. The van der Waals surface area contributed by atoms with E-state index < -0.39 is 0 Å². The average molecular weight is 447 g/mol. The van der Waals surface area contributed by atoms with Gasteiger partial charge < -0.3 is 0 Å². The highest BCUT2D eigenvalue weighted by molar-refractivity contribution is 5.96. The maximum absolute atomic E-state index is 4.94. The molecule has 0 unspecified atom stereocenters. The van der Waals surface area contributed by atoms with Crippen LogP contribution in [0.25, 0.3) is 22.3 Å². The molecule has 0 N–H and O–H groups in total. The molecule has 4 aliphatic rings. The van der Waals surface area contributed by atoms with Crippen LogP contribution in [0.1, 0.15) is 44.5 Å². The first kappa shape index (κ1) is 18.2. The summed E-state index contributed by atoms with van der Waals surface area (Å²) in [6, 6.07) is 29.5. The third-order valence-electron chi connectivity index (χ3n) is 8.59. The fraction of sp³-hybridized carbons (Fsp3) is 0.121. The van der Waals surface area contributed by atoms with E-state index in [4.69, 9.17) is 4.98 Å². The molecule has 3 heterocycles. The number of benzene rings is 4. The Morgan fingerprint density at radius 2 is 1.31 bits per heavy atom. The molecule has 2 heteroatoms. The molecular formula is C33H22N2. The Hall–Kier alpha value is -4.17. The van der Waals surface area contributed by atoms with Crippen molar-refractivity contribution in [1.82, 2.24) is 4.98 Å². The number of hydrogen-bond acceptors (Lipinski definition) is 2. The van der Waals surface area contributed by atoms with E-state index in [-0.39, 0.29) is 0 Å². The Kier molecular flexibility index (Phi) is 3.27. The molecule has 35 heavy (non-hydrogen) atoms. The predicted molar refractivity (Wildman–Crippen MR) is 141 cm³/mol. The van der Waals surface area contributed by atoms with Crippen LogP contribution in [-0.2, 0) is 25.7 Å². The lowest BCUT2D eigenvalue weighted by atomic mass is 9.81. The van der Waals surface area contributed by atoms with E-state index in [0.29, 0.717) is 0 Å². The van der Waals surface area contributed by atoms with Gasteiger partial charge in [0.2, 0.25) is 0 Å². The molecule has 9 rings (SSSR count). The standard InChI is InChI=1S/C33H22N2/c1-3-9-24-20(7-1)17-27-26(24)11-12-30-28(27)18-29-31-22(14-19-6-2-4-10-25(19)31)16-23-15-21-8-5-13-34-33(21)35(30)32(23)29/h1-13,16H,14-15,17-18H2. The zero-order valence-electron chi connectivity index (χ0n) is 19.3. The van der Waals surface area contributed by atoms with Crippen molar-refractivity contribution < 1.29 is 0 Å². The smallest absolute Gasteiger partial charge is 0.141 e. The number of fused-ring (bicyclic) bond motifs is 12. The Balaban J connectivity index is 1.37. The maximum Gasteiger partial charge on any atom is 0.141 e. The van der Waals surface area contributed by atoms with E-state index in [1.807, 2.05) is 6.20 Å². The number of anilines is 3. The summed E-state index contributed by atoms with van der Waals surface area (Å²) in [6.07, 6.45) is 5.95. The minimum Gasteiger partial charge on any atom is -0.294 e. The van der Waals surface area contributed by atoms with Crippen molar-refractivity contribution in [3.8, 4) is 22.3 Å². The molecule has 164 valence electrons. The van der Waals surface area contributed by atoms with E-state index in [2.05, 4.69) is 83.8 Å². The molecule has 0 saturated heterocycles. The van der Waals surface area contributed by atoms with Crippen LogP contribution in [-0.4, -0.2) is 4.98 Å². The summed E-state index contributed by atoms with van der Waals surface area (Å²) in [5.41, 5.74) is 20.0. The van der Waals surface area contributed by atoms with Gasteiger partial charge in [-0.05, 0) is 91.7 Å². The van der Waals surface area contributed by atoms with Gasteiger partial charge in [-0.2, -0.15) is 0 Å². The molecule has 0 radical (unpaired) electrons. The van der Waals surface area contributed by atoms with Crippen LogP contribution >= 0.6 is 0 Å². The summed E-state index contributed by atoms with van der Waals surface area (Å²) in [4.78, 5) is 7.43. The first-order valence-corrected chi connectivity index (χ1v) is 12.6. The van der Waals surface area contributed by atoms with Crippen LogP contribution in [0.4, 0.5) is 17.2 Å². The van der Waals surface area contributed by atoms with Gasteiger partial charge in [0.1, 0.15) is 5.82 Å². The molecule has 2 aliphatic carbocycles. The van der Waals surface area contributed by atoms with Gasteiger partial charge in [-0.3, -0.25) is 4.90 Å². The highest BCUT2D eigenvalue weighted by atomic mass is 15.2. The van der Waals surface area contributed by atoms with Gasteiger partial charge in [-0.1, -0.05) is 66.7 Å². The van der Waals surface area contributed by atoms with E-state index in [0.717, 1.165) is 31.5 Å². The highest BCUT2D eigenvalue weighted by Crippen LogP contribution is 2.56. The van der Waals surface area contributed by atoms with Crippen molar-refractivity contribution >= 4 is 17.2 Å². The van der Waals surface area contributed by atoms with Crippen molar-refractivity contribution in [2.45, 2.75) is 25.7 Å². The van der Waals surface area contributed by atoms with Gasteiger partial charge in [0.15, 0.2) is 0 Å². The molecule has 0 saturated carbocycles. The fourth-order valence-electron chi connectivity index (χ4n) is 7.20. The lowest BCUT2D eigenvalue weighted by Crippen LogP contribution is -2.27. The van der Waals surface area contributed by atoms with Crippen molar-refractivity contribution in [1.29, 1.82) is 0 Å². The molecule has 0 fully saturated rings. The van der Waals surface area contributed by atoms with Gasteiger partial charge in [-0.25, -0.2) is 4.98 Å². The summed E-state index contributed by atoms with van der Waals surface area (Å²) >= 11 is 0. The summed E-state index contributed by atoms with van der Waals surface area (Å²) in [6.45, 7) is 0. The quantitative estimate of drug-likeness (QED) is 0.240. The molecule has 0 bridgehead atoms. The summed E-state index contributed by atoms with van der Waals surface area (Å²) < 4.78 is 0. The Morgan fingerprint density at radius 3 is 2.23 bits per heavy atom. The van der Waals surface area contributed by atoms with Gasteiger partial charge >= 0.3 is 0 Å². The van der Waals surface area contributed by atoms with Crippen LogP contribution < -0.4 is 4.90 Å². The SMILES string of the molecule is c1ccc2c(c1)Cc1c-2ccc2c1Cc1c3c(cc4c1N2c1ncccc1C4)Cc1ccccc1-3. The van der Waals surface area contributed by atoms with E-state index in [9.17, 15) is 0 Å². The third kappa shape index (κ3) is 2.23. The molecule has 2 aliphatic heterocycles. The van der Waals surface area contributed by atoms with Crippen LogP contribution in [0.3, 0.4) is 0 Å². The van der Waals surface area contributed by atoms with Crippen LogP contribution in [0.15, 0.2) is 85.1 Å². The van der Waals surface area contributed by atoms with E-state index in [1.54, 1.807) is 0 Å². The lowest BCUT2D eigenvalue weighted by Gasteiger charge is -2.40. The largest absolute Gasteiger partial charge is 0.294 e. The van der Waals surface area contributed by atoms with Crippen molar-refractivity contribution in [2.75, 3.05) is 4.90 Å². The van der Waals surface area contributed by atoms with E-state index >= 15 is 0 Å². The monoisotopic (exact) mass is 446 g/mol. The van der Waals surface area contributed by atoms with Gasteiger partial charge in [-0.15, -0.1) is 0 Å². The Morgan fingerprint density at radius 1 is 0.543 bits per heavy atom. The number of rotatable bonds is 0. The van der Waals surface area contributed by atoms with Gasteiger partial charge in [0, 0.05) is 19.0 Å². The maximum atomic E-state index is 4.94. The number of pyridine rings is 1. The molecule has 0 spiro atoms. The second-order valence-corrected chi connectivity index (χ2v) is 10.3. The van der Waals surface area contributed by atoms with Crippen molar-refractivity contribution in [3.05, 3.63) is 130 Å². The van der Waals surface area contributed by atoms with Gasteiger partial charge in [0.25, 0.3) is 0 Å². The average Bonchev–Trinajstić information content (AvgIpc) is 3.47. The minimum absolute atomic E-state index is 0.956. The molecule has 1 aromatic heterocycles. The molecular weight excluding hydrogens is 424 g/mol. The van der Waals surface area contributed by atoms with Crippen LogP contribution in [0, 0.1) is 0 Å². The molecule has 0 atom stereocenters. The third-order valence-corrected chi connectivity index (χ3v) is 8.59. The summed E-state index contributed by atoms with van der Waals surface area (Å²) in [7, 11) is 0. The van der Waals surface area contributed by atoms with E-state index in [1.165, 1.54) is 78.1 Å². The molecule has 0 amide bonds. The zero-order chi connectivity index (χ0) is 22.7. The first-order valence-electron chi connectivity index (χ1n) is 12.6. The predicted octanol–water partition coefficient (Wildman–Crippen LogP) is 7.50. The Labute approximate surface area is 204 Å². The van der Waals surface area contributed by atoms with Gasteiger partial charge in [0.05, 0.1) is 11.4 Å². The first-order chi connectivity index (χ1) is 17.3. The van der Waals surface area contributed by atoms with Crippen molar-refractivity contribution in [2.24, 2.45) is 0 Å². The van der Waals surface area contributed by atoms with Crippen molar-refractivity contribution in [3.63, 3.8) is 0 Å². The van der Waals surface area contributed by atoms with Crippen LogP contribution in [0.5, 0.6) is 0 Å². The number of hydrogen-bond donors (Lipinski definition) is 0. The Bertz CT molecular complexity index is 1760. The molecule has 4 aromatic carbocycles. The second-order valence-electron chi connectivity index (χ2n) is 10.3. The lowest BCUT2D eigenvalue weighted by molar-refractivity contribution is 0.969. The topological polar surface area (TPSA) is 16.1 Å². The molecule has 2 nitrogen and oxygen atoms in total. The number of nitrogens with zero attached hydrogens (tertiary/aromatic N) is 2.